The second-order valence-electron chi connectivity index (χ2n) is 17.6. The summed E-state index contributed by atoms with van der Waals surface area (Å²) in [6.07, 6.45) is -0.853. The molecule has 2 unspecified atom stereocenters. The first-order valence-electron chi connectivity index (χ1n) is 21.4. The summed E-state index contributed by atoms with van der Waals surface area (Å²) < 4.78 is 60.8. The number of nitro groups is 2. The molecular formula is C50H52N2O14P2. The quantitative estimate of drug-likeness (QED) is 0.0824. The maximum Gasteiger partial charge on any atom is 0.332 e. The SMILES string of the molecule is COP(=O)(O)Cc1cc2ccc1OCc1cc(cc([N+](=O)[O-])c1)COc1ccc(cc1)C(C)(C)c1ccc(cc1)OCc1cc(cc([N+](=O)[O-])c1)COc1ccc(cc1CP(=O)(O)OC)C2(C)C. The Hall–Kier alpha value is -6.38. The third kappa shape index (κ3) is 11.8. The van der Waals surface area contributed by atoms with E-state index in [1.54, 1.807) is 48.5 Å². The fraction of sp³-hybridized carbons (Fsp3) is 0.280. The maximum atomic E-state index is 13.1. The second-order valence-corrected chi connectivity index (χ2v) is 21.5. The van der Waals surface area contributed by atoms with E-state index in [1.807, 2.05) is 62.4 Å². The molecule has 0 amide bonds. The fourth-order valence-electron chi connectivity index (χ4n) is 7.98. The Labute approximate surface area is 393 Å². The molecule has 10 aliphatic rings. The zero-order valence-electron chi connectivity index (χ0n) is 38.4. The normalized spacial score (nSPS) is 16.4. The second kappa shape index (κ2) is 20.1. The van der Waals surface area contributed by atoms with Gasteiger partial charge in [-0.3, -0.25) is 29.4 Å². The predicted molar refractivity (Wildman–Crippen MR) is 255 cm³/mol. The van der Waals surface area contributed by atoms with E-state index in [2.05, 4.69) is 13.8 Å². The lowest BCUT2D eigenvalue weighted by molar-refractivity contribution is -0.385. The van der Waals surface area contributed by atoms with Crippen molar-refractivity contribution in [3.63, 3.8) is 0 Å². The van der Waals surface area contributed by atoms with Crippen LogP contribution in [0.2, 0.25) is 0 Å². The molecule has 356 valence electrons. The molecule has 18 heteroatoms. The molecule has 6 aromatic rings. The predicted octanol–water partition coefficient (Wildman–Crippen LogP) is 11.4. The Kier molecular flexibility index (Phi) is 14.6. The van der Waals surface area contributed by atoms with Crippen molar-refractivity contribution in [2.75, 3.05) is 14.2 Å². The molecule has 0 saturated carbocycles. The zero-order chi connectivity index (χ0) is 49.0. The van der Waals surface area contributed by atoms with E-state index < -0.39 is 48.2 Å². The number of benzene rings is 6. The summed E-state index contributed by atoms with van der Waals surface area (Å²) in [6.45, 7) is 7.75. The molecule has 0 saturated heterocycles. The van der Waals surface area contributed by atoms with Crippen molar-refractivity contribution >= 4 is 26.6 Å². The smallest absolute Gasteiger partial charge is 0.332 e. The summed E-state index contributed by atoms with van der Waals surface area (Å²) in [7, 11) is -6.07. The van der Waals surface area contributed by atoms with Crippen molar-refractivity contribution in [3.05, 3.63) is 197 Å². The van der Waals surface area contributed by atoms with Gasteiger partial charge in [-0.2, -0.15) is 0 Å². The number of non-ortho nitro benzene ring substituents is 2. The van der Waals surface area contributed by atoms with E-state index in [1.165, 1.54) is 24.3 Å². The van der Waals surface area contributed by atoms with Crippen LogP contribution in [-0.4, -0.2) is 33.9 Å². The average Bonchev–Trinajstić information content (AvgIpc) is 3.31. The highest BCUT2D eigenvalue weighted by molar-refractivity contribution is 7.52. The molecule has 0 aromatic heterocycles. The van der Waals surface area contributed by atoms with Crippen molar-refractivity contribution in [2.24, 2.45) is 0 Å². The van der Waals surface area contributed by atoms with Gasteiger partial charge >= 0.3 is 15.2 Å². The van der Waals surface area contributed by atoms with Gasteiger partial charge in [-0.25, -0.2) is 0 Å². The molecular weight excluding hydrogens is 914 g/mol. The minimum absolute atomic E-state index is 0.0171. The van der Waals surface area contributed by atoms with Gasteiger partial charge in [-0.15, -0.1) is 0 Å². The molecule has 2 N–H and O–H groups in total. The van der Waals surface area contributed by atoms with Crippen LogP contribution < -0.4 is 18.9 Å². The first-order valence-corrected chi connectivity index (χ1v) is 25.0. The highest BCUT2D eigenvalue weighted by Crippen LogP contribution is 2.49. The van der Waals surface area contributed by atoms with Crippen LogP contribution >= 0.6 is 15.2 Å². The highest BCUT2D eigenvalue weighted by atomic mass is 31.2. The van der Waals surface area contributed by atoms with Gasteiger partial charge in [0.05, 0.1) is 22.2 Å². The van der Waals surface area contributed by atoms with Gasteiger partial charge in [0.2, 0.25) is 0 Å². The Morgan fingerprint density at radius 1 is 0.500 bits per heavy atom. The van der Waals surface area contributed by atoms with Crippen molar-refractivity contribution in [1.29, 1.82) is 0 Å². The zero-order valence-corrected chi connectivity index (χ0v) is 40.2. The fourth-order valence-corrected chi connectivity index (χ4v) is 9.59. The number of hydrogen-bond acceptors (Lipinski definition) is 12. The van der Waals surface area contributed by atoms with Gasteiger partial charge in [-0.1, -0.05) is 76.2 Å². The van der Waals surface area contributed by atoms with E-state index >= 15 is 0 Å². The van der Waals surface area contributed by atoms with Crippen molar-refractivity contribution in [2.45, 2.75) is 77.3 Å². The minimum atomic E-state index is -4.16. The molecule has 0 fully saturated rings. The van der Waals surface area contributed by atoms with E-state index in [0.717, 1.165) is 25.3 Å². The summed E-state index contributed by atoms with van der Waals surface area (Å²) in [5, 5.41) is 24.1. The van der Waals surface area contributed by atoms with Crippen LogP contribution in [-0.2, 0) is 67.8 Å². The summed E-state index contributed by atoms with van der Waals surface area (Å²) in [5.41, 5.74) is 4.36. The number of nitrogens with zero attached hydrogens (tertiary/aromatic N) is 2. The molecule has 0 aliphatic carbocycles. The Bertz CT molecular complexity index is 2740. The Morgan fingerprint density at radius 2 is 0.809 bits per heavy atom. The summed E-state index contributed by atoms with van der Waals surface area (Å²) in [4.78, 5) is 44.5. The molecule has 12 bridgehead atoms. The standard InChI is InChI=1S/C50H52N2O14P2/c1-49(2)39-7-13-45(14-8-39)63-27-33-19-35(23-43(21-33)51(53)54)29-65-47-17-11-41(25-37(47)31-67(57,58)61-5)50(3,4)42-12-18-48(38(26-42)32-68(59,60)62-6)66-30-36-20-34(22-44(24-36)52(55)56)28-64-46-15-9-40(49)10-16-46/h7-26H,27-32H2,1-6H3,(H,57,58)(H,59,60). The van der Waals surface area contributed by atoms with E-state index in [4.69, 9.17) is 28.0 Å². The molecule has 6 aromatic carbocycles. The summed E-state index contributed by atoms with van der Waals surface area (Å²) in [5.74, 6) is 1.59. The third-order valence-electron chi connectivity index (χ3n) is 12.1. The van der Waals surface area contributed by atoms with Crippen molar-refractivity contribution in [3.8, 4) is 23.0 Å². The van der Waals surface area contributed by atoms with Gasteiger partial charge in [0, 0.05) is 60.4 Å². The lowest BCUT2D eigenvalue weighted by Crippen LogP contribution is -2.20. The molecule has 16 rings (SSSR count). The lowest BCUT2D eigenvalue weighted by Gasteiger charge is -2.29. The van der Waals surface area contributed by atoms with Gasteiger partial charge in [0.15, 0.2) is 0 Å². The monoisotopic (exact) mass is 966 g/mol. The lowest BCUT2D eigenvalue weighted by atomic mass is 9.77. The highest BCUT2D eigenvalue weighted by Gasteiger charge is 2.30. The molecule has 10 heterocycles. The van der Waals surface area contributed by atoms with E-state index in [0.29, 0.717) is 56.0 Å². The van der Waals surface area contributed by atoms with E-state index in [-0.39, 0.29) is 49.3 Å². The Morgan fingerprint density at radius 3 is 1.13 bits per heavy atom. The van der Waals surface area contributed by atoms with Crippen LogP contribution in [0.15, 0.2) is 121 Å². The van der Waals surface area contributed by atoms with Gasteiger partial charge in [0.1, 0.15) is 49.4 Å². The minimum Gasteiger partial charge on any atom is -0.489 e. The van der Waals surface area contributed by atoms with Crippen LogP contribution in [0.3, 0.4) is 0 Å². The number of rotatable bonds is 8. The third-order valence-corrected chi connectivity index (χ3v) is 14.7. The van der Waals surface area contributed by atoms with Crippen LogP contribution in [0.25, 0.3) is 0 Å². The Balaban J connectivity index is 1.30. The number of ether oxygens (including phenoxy) is 4. The number of hydrogen-bond donors (Lipinski definition) is 2. The van der Waals surface area contributed by atoms with Crippen LogP contribution in [0.4, 0.5) is 11.4 Å². The first-order chi connectivity index (χ1) is 32.1. The van der Waals surface area contributed by atoms with Crippen molar-refractivity contribution in [1.82, 2.24) is 0 Å². The molecule has 16 nitrogen and oxygen atoms in total. The summed E-state index contributed by atoms with van der Waals surface area (Å²) in [6, 6.07) is 34.6. The molecule has 0 radical (unpaired) electrons. The largest absolute Gasteiger partial charge is 0.489 e. The summed E-state index contributed by atoms with van der Waals surface area (Å²) >= 11 is 0. The molecule has 2 atom stereocenters. The number of nitro benzene ring substituents is 2. The topological polar surface area (TPSA) is 216 Å². The average molecular weight is 967 g/mol. The van der Waals surface area contributed by atoms with E-state index in [9.17, 15) is 39.1 Å². The van der Waals surface area contributed by atoms with Crippen LogP contribution in [0, 0.1) is 20.2 Å². The first kappa shape index (κ1) is 49.5. The van der Waals surface area contributed by atoms with Gasteiger partial charge < -0.3 is 37.8 Å². The van der Waals surface area contributed by atoms with Crippen LogP contribution in [0.5, 0.6) is 23.0 Å². The van der Waals surface area contributed by atoms with Gasteiger partial charge in [0.25, 0.3) is 11.4 Å². The maximum absolute atomic E-state index is 13.1. The molecule has 10 aliphatic heterocycles. The van der Waals surface area contributed by atoms with Gasteiger partial charge in [-0.05, 0) is 93.0 Å². The molecule has 0 spiro atoms. The molecule has 68 heavy (non-hydrogen) atoms. The van der Waals surface area contributed by atoms with Crippen LogP contribution in [0.1, 0.15) is 83.3 Å². The van der Waals surface area contributed by atoms with Crippen molar-refractivity contribution < 1.29 is 56.8 Å².